The maximum atomic E-state index is 11.8. The van der Waals surface area contributed by atoms with Crippen molar-refractivity contribution in [2.75, 3.05) is 0 Å². The number of Topliss-reactive ketones (excluding diaryl/α,β-unsaturated/α-hetero) is 1. The Balaban J connectivity index is 1.45. The molecule has 0 unspecified atom stereocenters. The normalized spacial score (nSPS) is 10.8. The van der Waals surface area contributed by atoms with Gasteiger partial charge in [-0.3, -0.25) is 4.79 Å². The summed E-state index contributed by atoms with van der Waals surface area (Å²) in [4.78, 5) is 17.3. The third-order valence-electron chi connectivity index (χ3n) is 4.97. The lowest BCUT2D eigenvalue weighted by molar-refractivity contribution is 0.101. The van der Waals surface area contributed by atoms with Crippen LogP contribution in [0.25, 0.3) is 11.4 Å². The zero-order valence-electron chi connectivity index (χ0n) is 18.3. The van der Waals surface area contributed by atoms with Gasteiger partial charge < -0.3 is 9.84 Å². The van der Waals surface area contributed by atoms with Crippen LogP contribution in [0.3, 0.4) is 0 Å². The zero-order valence-corrected chi connectivity index (χ0v) is 19.1. The summed E-state index contributed by atoms with van der Waals surface area (Å²) in [6, 6.07) is 15.2. The summed E-state index contributed by atoms with van der Waals surface area (Å²) in [5.41, 5.74) is 2.77. The minimum Gasteiger partial charge on any atom is -0.507 e. The number of hydrogen-bond donors (Lipinski definition) is 2. The second kappa shape index (κ2) is 10.3. The minimum atomic E-state index is -0.167. The van der Waals surface area contributed by atoms with Crippen LogP contribution in [-0.2, 0) is 13.0 Å². The van der Waals surface area contributed by atoms with Crippen molar-refractivity contribution in [2.24, 2.45) is 0 Å². The van der Waals surface area contributed by atoms with Crippen molar-refractivity contribution in [1.82, 2.24) is 25.6 Å². The van der Waals surface area contributed by atoms with Gasteiger partial charge in [0.2, 0.25) is 5.82 Å². The molecule has 168 valence electrons. The molecule has 33 heavy (non-hydrogen) atoms. The lowest BCUT2D eigenvalue weighted by Gasteiger charge is -2.15. The third kappa shape index (κ3) is 5.38. The molecule has 2 N–H and O–H groups in total. The van der Waals surface area contributed by atoms with Gasteiger partial charge in [0.1, 0.15) is 23.1 Å². The van der Waals surface area contributed by atoms with Crippen LogP contribution >= 0.6 is 11.8 Å². The van der Waals surface area contributed by atoms with Crippen molar-refractivity contribution in [3.63, 3.8) is 0 Å². The van der Waals surface area contributed by atoms with E-state index in [-0.39, 0.29) is 11.5 Å². The molecule has 0 fully saturated rings. The van der Waals surface area contributed by atoms with Gasteiger partial charge in [0.25, 0.3) is 0 Å². The number of nitrogens with one attached hydrogen (secondary N) is 1. The maximum Gasteiger partial charge on any atom is 0.206 e. The minimum absolute atomic E-state index is 0.0153. The van der Waals surface area contributed by atoms with E-state index in [0.717, 1.165) is 27.5 Å². The lowest BCUT2D eigenvalue weighted by atomic mass is 10.0. The van der Waals surface area contributed by atoms with Crippen LogP contribution in [0.5, 0.6) is 11.5 Å². The van der Waals surface area contributed by atoms with E-state index < -0.39 is 0 Å². The molecule has 0 radical (unpaired) electrons. The predicted molar refractivity (Wildman–Crippen MR) is 124 cm³/mol. The fraction of sp³-hybridized carbons (Fsp3) is 0.208. The Labute approximate surface area is 195 Å². The molecule has 2 heterocycles. The Morgan fingerprint density at radius 1 is 1.18 bits per heavy atom. The van der Waals surface area contributed by atoms with Gasteiger partial charge in [0.15, 0.2) is 5.78 Å². The van der Waals surface area contributed by atoms with E-state index in [4.69, 9.17) is 4.74 Å². The van der Waals surface area contributed by atoms with Crippen LogP contribution in [0.2, 0.25) is 0 Å². The molecule has 0 aliphatic heterocycles. The number of carbonyl (C=O) groups excluding carboxylic acids is 1. The van der Waals surface area contributed by atoms with Gasteiger partial charge in [-0.2, -0.15) is 5.21 Å². The number of pyridine rings is 1. The molecule has 0 atom stereocenters. The molecular weight excluding hydrogens is 438 g/mol. The number of aromatic nitrogens is 5. The predicted octanol–water partition coefficient (Wildman–Crippen LogP) is 4.85. The summed E-state index contributed by atoms with van der Waals surface area (Å²) >= 11 is 1.54. The Morgan fingerprint density at radius 2 is 2.06 bits per heavy atom. The van der Waals surface area contributed by atoms with E-state index in [2.05, 4.69) is 25.6 Å². The molecule has 0 saturated carbocycles. The Bertz CT molecular complexity index is 1240. The Kier molecular flexibility index (Phi) is 6.99. The van der Waals surface area contributed by atoms with Crippen LogP contribution in [-0.4, -0.2) is 36.5 Å². The van der Waals surface area contributed by atoms with Crippen molar-refractivity contribution in [3.8, 4) is 22.9 Å². The molecule has 0 aliphatic carbocycles. The molecule has 0 aliphatic rings. The smallest absolute Gasteiger partial charge is 0.206 e. The van der Waals surface area contributed by atoms with Crippen molar-refractivity contribution in [2.45, 2.75) is 43.2 Å². The van der Waals surface area contributed by atoms with Crippen LogP contribution in [0.15, 0.2) is 64.6 Å². The van der Waals surface area contributed by atoms with Crippen LogP contribution < -0.4 is 4.74 Å². The van der Waals surface area contributed by atoms with Gasteiger partial charge in [-0.05, 0) is 60.5 Å². The lowest BCUT2D eigenvalue weighted by Crippen LogP contribution is -2.02. The van der Waals surface area contributed by atoms with E-state index in [1.54, 1.807) is 18.3 Å². The number of ketones is 1. The largest absolute Gasteiger partial charge is 0.507 e. The summed E-state index contributed by atoms with van der Waals surface area (Å²) in [7, 11) is 0. The second-order valence-electron chi connectivity index (χ2n) is 7.40. The van der Waals surface area contributed by atoms with E-state index in [0.29, 0.717) is 35.7 Å². The summed E-state index contributed by atoms with van der Waals surface area (Å²) < 4.78 is 6.03. The number of nitrogens with zero attached hydrogens (tertiary/aromatic N) is 4. The first-order valence-electron chi connectivity index (χ1n) is 10.5. The molecule has 4 aromatic rings. The molecule has 2 aromatic heterocycles. The van der Waals surface area contributed by atoms with E-state index >= 15 is 0 Å². The van der Waals surface area contributed by atoms with Crippen molar-refractivity contribution < 1.29 is 14.6 Å². The highest BCUT2D eigenvalue weighted by atomic mass is 32.2. The van der Waals surface area contributed by atoms with Gasteiger partial charge in [-0.1, -0.05) is 37.2 Å². The monoisotopic (exact) mass is 461 g/mol. The highest BCUT2D eigenvalue weighted by molar-refractivity contribution is 7.99. The fourth-order valence-corrected chi connectivity index (χ4v) is 4.21. The molecular formula is C24H23N5O3S. The number of ether oxygens (including phenoxy) is 1. The van der Waals surface area contributed by atoms with E-state index in [1.807, 2.05) is 43.3 Å². The number of rotatable bonds is 9. The van der Waals surface area contributed by atoms with Gasteiger partial charge in [-0.15, -0.1) is 10.2 Å². The van der Waals surface area contributed by atoms with E-state index in [1.165, 1.54) is 18.7 Å². The summed E-state index contributed by atoms with van der Waals surface area (Å²) in [6.07, 6.45) is 3.17. The number of hydrogen-bond acceptors (Lipinski definition) is 8. The van der Waals surface area contributed by atoms with E-state index in [9.17, 15) is 9.90 Å². The Morgan fingerprint density at radius 3 is 2.76 bits per heavy atom. The molecule has 4 rings (SSSR count). The standard InChI is InChI=1S/C24H23N5O3S/c1-3-5-20-21(10-9-19(15(2)30)23(20)31)32-14-16-6-4-7-18(12-16)33-22-11-8-17(13-25-22)24-26-28-29-27-24/h4,6-13,31H,3,5,14H2,1-2H3,(H,26,27,28,29). The SMILES string of the molecule is CCCc1c(OCc2cccc(Sc3ccc(-c4nn[nH]n4)cn3)c2)ccc(C(C)=O)c1O. The summed E-state index contributed by atoms with van der Waals surface area (Å²) in [5.74, 6) is 0.945. The number of phenols is 1. The first kappa shape index (κ1) is 22.5. The quantitative estimate of drug-likeness (QED) is 0.340. The number of aromatic amines is 1. The number of benzene rings is 2. The molecule has 9 heteroatoms. The Hall–Kier alpha value is -3.72. The van der Waals surface area contributed by atoms with Gasteiger partial charge in [-0.25, -0.2) is 4.98 Å². The second-order valence-corrected chi connectivity index (χ2v) is 8.50. The number of carbonyl (C=O) groups is 1. The van der Waals surface area contributed by atoms with Crippen molar-refractivity contribution >= 4 is 17.5 Å². The molecule has 0 amide bonds. The molecule has 0 spiro atoms. The van der Waals surface area contributed by atoms with Gasteiger partial charge >= 0.3 is 0 Å². The third-order valence-corrected chi connectivity index (χ3v) is 5.91. The number of aromatic hydroxyl groups is 1. The first-order chi connectivity index (χ1) is 16.0. The topological polar surface area (TPSA) is 114 Å². The first-order valence-corrected chi connectivity index (χ1v) is 11.3. The van der Waals surface area contributed by atoms with Crippen LogP contribution in [0, 0.1) is 0 Å². The fourth-order valence-electron chi connectivity index (χ4n) is 3.37. The van der Waals surface area contributed by atoms with Gasteiger partial charge in [0, 0.05) is 22.2 Å². The molecule has 8 nitrogen and oxygen atoms in total. The van der Waals surface area contributed by atoms with Crippen molar-refractivity contribution in [3.05, 3.63) is 71.4 Å². The highest BCUT2D eigenvalue weighted by Gasteiger charge is 2.16. The zero-order chi connectivity index (χ0) is 23.2. The van der Waals surface area contributed by atoms with Gasteiger partial charge in [0.05, 0.1) is 5.56 Å². The summed E-state index contributed by atoms with van der Waals surface area (Å²) in [6.45, 7) is 3.81. The number of phenolic OH excluding ortho intramolecular Hbond substituents is 1. The number of tetrazole rings is 1. The molecule has 0 bridgehead atoms. The number of H-pyrrole nitrogens is 1. The maximum absolute atomic E-state index is 11.8. The average molecular weight is 462 g/mol. The van der Waals surface area contributed by atoms with Crippen LogP contribution in [0.4, 0.5) is 0 Å². The molecule has 0 saturated heterocycles. The molecule has 2 aromatic carbocycles. The summed E-state index contributed by atoms with van der Waals surface area (Å²) in [5, 5.41) is 25.3. The highest BCUT2D eigenvalue weighted by Crippen LogP contribution is 2.34. The van der Waals surface area contributed by atoms with Crippen LogP contribution in [0.1, 0.15) is 41.8 Å². The average Bonchev–Trinajstić information content (AvgIpc) is 3.35. The van der Waals surface area contributed by atoms with Crippen molar-refractivity contribution in [1.29, 1.82) is 0 Å².